The van der Waals surface area contributed by atoms with Crippen molar-refractivity contribution in [3.05, 3.63) is 69.0 Å². The van der Waals surface area contributed by atoms with Crippen LogP contribution in [0.5, 0.6) is 0 Å². The number of anilines is 2. The minimum Gasteiger partial charge on any atom is -0.368 e. The van der Waals surface area contributed by atoms with Crippen molar-refractivity contribution < 1.29 is 9.59 Å². The Kier molecular flexibility index (Phi) is 6.41. The molecule has 9 heteroatoms. The molecule has 154 valence electrons. The van der Waals surface area contributed by atoms with Crippen LogP contribution in [0, 0.1) is 0 Å². The summed E-state index contributed by atoms with van der Waals surface area (Å²) in [6.07, 6.45) is 0. The maximum absolute atomic E-state index is 12.5. The Hall–Kier alpha value is -2.75. The Balaban J connectivity index is 1.28. The first-order valence-corrected chi connectivity index (χ1v) is 11.6. The Morgan fingerprint density at radius 1 is 0.867 bits per heavy atom. The molecule has 1 aromatic carbocycles. The SMILES string of the molecule is O=C(NC(=S)Nc1ccc(N2CCN(C(=O)c3cccs3)CC2)cc1)c1cccs1. The van der Waals surface area contributed by atoms with E-state index in [1.165, 1.54) is 22.7 Å². The summed E-state index contributed by atoms with van der Waals surface area (Å²) >= 11 is 8.08. The molecule has 2 N–H and O–H groups in total. The lowest BCUT2D eigenvalue weighted by atomic mass is 10.2. The zero-order valence-electron chi connectivity index (χ0n) is 16.0. The van der Waals surface area contributed by atoms with Crippen molar-refractivity contribution in [3.63, 3.8) is 0 Å². The monoisotopic (exact) mass is 456 g/mol. The highest BCUT2D eigenvalue weighted by molar-refractivity contribution is 7.80. The number of carbonyl (C=O) groups is 2. The van der Waals surface area contributed by atoms with E-state index in [0.29, 0.717) is 18.0 Å². The Morgan fingerprint density at radius 2 is 1.50 bits per heavy atom. The lowest BCUT2D eigenvalue weighted by molar-refractivity contribution is 0.0751. The van der Waals surface area contributed by atoms with Gasteiger partial charge >= 0.3 is 0 Å². The van der Waals surface area contributed by atoms with Crippen LogP contribution in [0.2, 0.25) is 0 Å². The van der Waals surface area contributed by atoms with Gasteiger partial charge in [-0.1, -0.05) is 12.1 Å². The maximum atomic E-state index is 12.5. The second-order valence-electron chi connectivity index (χ2n) is 6.69. The van der Waals surface area contributed by atoms with E-state index in [9.17, 15) is 9.59 Å². The number of thiocarbonyl (C=S) groups is 1. The molecular formula is C21H20N4O2S3. The molecule has 0 spiro atoms. The summed E-state index contributed by atoms with van der Waals surface area (Å²) in [6.45, 7) is 2.99. The van der Waals surface area contributed by atoms with Gasteiger partial charge in [-0.2, -0.15) is 0 Å². The molecule has 0 atom stereocenters. The van der Waals surface area contributed by atoms with Crippen LogP contribution in [-0.2, 0) is 0 Å². The second kappa shape index (κ2) is 9.38. The molecule has 0 radical (unpaired) electrons. The standard InChI is InChI=1S/C21H20N4O2S3/c26-19(17-3-1-13-29-17)23-21(28)22-15-5-7-16(8-6-15)24-9-11-25(12-10-24)20(27)18-4-2-14-30-18/h1-8,13-14H,9-12H2,(H2,22,23,26,28). The fraction of sp³-hybridized carbons (Fsp3) is 0.190. The normalized spacial score (nSPS) is 13.7. The van der Waals surface area contributed by atoms with Crippen LogP contribution in [0.25, 0.3) is 0 Å². The average molecular weight is 457 g/mol. The molecule has 2 aromatic heterocycles. The Bertz CT molecular complexity index is 1010. The summed E-state index contributed by atoms with van der Waals surface area (Å²) in [5.41, 5.74) is 1.90. The lowest BCUT2D eigenvalue weighted by Crippen LogP contribution is -2.48. The van der Waals surface area contributed by atoms with Gasteiger partial charge in [0, 0.05) is 37.6 Å². The molecule has 1 aliphatic rings. The van der Waals surface area contributed by atoms with Gasteiger partial charge in [-0.25, -0.2) is 0 Å². The fourth-order valence-electron chi connectivity index (χ4n) is 3.21. The first kappa shape index (κ1) is 20.5. The van der Waals surface area contributed by atoms with Crippen molar-refractivity contribution in [2.45, 2.75) is 0 Å². The van der Waals surface area contributed by atoms with Crippen molar-refractivity contribution in [2.24, 2.45) is 0 Å². The smallest absolute Gasteiger partial charge is 0.267 e. The van der Waals surface area contributed by atoms with Gasteiger partial charge in [0.25, 0.3) is 11.8 Å². The molecule has 3 heterocycles. The number of hydrogen-bond donors (Lipinski definition) is 2. The van der Waals surface area contributed by atoms with Crippen LogP contribution in [0.3, 0.4) is 0 Å². The highest BCUT2D eigenvalue weighted by atomic mass is 32.1. The van der Waals surface area contributed by atoms with E-state index in [4.69, 9.17) is 12.2 Å². The quantitative estimate of drug-likeness (QED) is 0.583. The average Bonchev–Trinajstić information content (AvgIpc) is 3.48. The van der Waals surface area contributed by atoms with Crippen LogP contribution in [-0.4, -0.2) is 48.0 Å². The van der Waals surface area contributed by atoms with Crippen LogP contribution in [0.4, 0.5) is 11.4 Å². The van der Waals surface area contributed by atoms with Gasteiger partial charge < -0.3 is 15.1 Å². The molecule has 1 fully saturated rings. The molecular weight excluding hydrogens is 436 g/mol. The molecule has 6 nitrogen and oxygen atoms in total. The third kappa shape index (κ3) is 4.86. The predicted molar refractivity (Wildman–Crippen MR) is 127 cm³/mol. The highest BCUT2D eigenvalue weighted by Crippen LogP contribution is 2.21. The van der Waals surface area contributed by atoms with E-state index in [-0.39, 0.29) is 16.9 Å². The van der Waals surface area contributed by atoms with Crippen LogP contribution in [0.1, 0.15) is 19.3 Å². The molecule has 1 saturated heterocycles. The minimum atomic E-state index is -0.214. The van der Waals surface area contributed by atoms with E-state index >= 15 is 0 Å². The summed E-state index contributed by atoms with van der Waals surface area (Å²) < 4.78 is 0. The summed E-state index contributed by atoms with van der Waals surface area (Å²) in [5.74, 6) is -0.101. The third-order valence-electron chi connectivity index (χ3n) is 4.76. The lowest BCUT2D eigenvalue weighted by Gasteiger charge is -2.36. The van der Waals surface area contributed by atoms with Crippen LogP contribution < -0.4 is 15.5 Å². The molecule has 4 rings (SSSR count). The highest BCUT2D eigenvalue weighted by Gasteiger charge is 2.22. The first-order chi connectivity index (χ1) is 14.6. The number of carbonyl (C=O) groups excluding carboxylic acids is 2. The van der Waals surface area contributed by atoms with E-state index in [2.05, 4.69) is 15.5 Å². The largest absolute Gasteiger partial charge is 0.368 e. The van der Waals surface area contributed by atoms with Gasteiger partial charge in [0.1, 0.15) is 0 Å². The summed E-state index contributed by atoms with van der Waals surface area (Å²) in [5, 5.41) is 9.76. The molecule has 3 aromatic rings. The number of nitrogens with one attached hydrogen (secondary N) is 2. The van der Waals surface area contributed by atoms with Crippen molar-refractivity contribution in [1.82, 2.24) is 10.2 Å². The van der Waals surface area contributed by atoms with Crippen molar-refractivity contribution in [2.75, 3.05) is 36.4 Å². The summed E-state index contributed by atoms with van der Waals surface area (Å²) in [6, 6.07) is 15.3. The van der Waals surface area contributed by atoms with Crippen molar-refractivity contribution in [1.29, 1.82) is 0 Å². The first-order valence-electron chi connectivity index (χ1n) is 9.44. The molecule has 0 bridgehead atoms. The van der Waals surface area contributed by atoms with Crippen LogP contribution >= 0.6 is 34.9 Å². The number of hydrogen-bond acceptors (Lipinski definition) is 6. The zero-order chi connectivity index (χ0) is 20.9. The van der Waals surface area contributed by atoms with Crippen LogP contribution in [0.15, 0.2) is 59.3 Å². The van der Waals surface area contributed by atoms with Gasteiger partial charge in [0.2, 0.25) is 0 Å². The number of piperazine rings is 1. The molecule has 2 amide bonds. The van der Waals surface area contributed by atoms with E-state index < -0.39 is 0 Å². The van der Waals surface area contributed by atoms with Gasteiger partial charge in [-0.3, -0.25) is 14.9 Å². The number of nitrogens with zero attached hydrogens (tertiary/aromatic N) is 2. The predicted octanol–water partition coefficient (Wildman–Crippen LogP) is 3.90. The van der Waals surface area contributed by atoms with E-state index in [0.717, 1.165) is 29.3 Å². The summed E-state index contributed by atoms with van der Waals surface area (Å²) in [4.78, 5) is 30.1. The van der Waals surface area contributed by atoms with Gasteiger partial charge in [0.15, 0.2) is 5.11 Å². The number of amides is 2. The van der Waals surface area contributed by atoms with Crippen molar-refractivity contribution in [3.8, 4) is 0 Å². The molecule has 1 aliphatic heterocycles. The van der Waals surface area contributed by atoms with E-state index in [1.54, 1.807) is 6.07 Å². The van der Waals surface area contributed by atoms with Gasteiger partial charge in [-0.15, -0.1) is 22.7 Å². The Morgan fingerprint density at radius 3 is 2.10 bits per heavy atom. The maximum Gasteiger partial charge on any atom is 0.267 e. The molecule has 0 aliphatic carbocycles. The van der Waals surface area contributed by atoms with E-state index in [1.807, 2.05) is 58.1 Å². The number of rotatable bonds is 4. The third-order valence-corrected chi connectivity index (χ3v) is 6.69. The minimum absolute atomic E-state index is 0.113. The zero-order valence-corrected chi connectivity index (χ0v) is 18.5. The molecule has 30 heavy (non-hydrogen) atoms. The Labute approximate surface area is 188 Å². The summed E-state index contributed by atoms with van der Waals surface area (Å²) in [7, 11) is 0. The second-order valence-corrected chi connectivity index (χ2v) is 8.99. The van der Waals surface area contributed by atoms with Gasteiger partial charge in [-0.05, 0) is 59.4 Å². The fourth-order valence-corrected chi connectivity index (χ4v) is 4.73. The van der Waals surface area contributed by atoms with Crippen molar-refractivity contribution >= 4 is 63.2 Å². The van der Waals surface area contributed by atoms with Gasteiger partial charge in [0.05, 0.1) is 9.75 Å². The number of thiophene rings is 2. The molecule has 0 unspecified atom stereocenters. The number of benzene rings is 1. The molecule has 0 saturated carbocycles. The topological polar surface area (TPSA) is 64.7 Å².